The fourth-order valence-electron chi connectivity index (χ4n) is 4.15. The fraction of sp³-hybridized carbons (Fsp3) is 0.481. The molecule has 0 unspecified atom stereocenters. The van der Waals surface area contributed by atoms with E-state index >= 15 is 0 Å². The summed E-state index contributed by atoms with van der Waals surface area (Å²) in [6, 6.07) is 8.64. The van der Waals surface area contributed by atoms with Crippen LogP contribution in [-0.4, -0.2) is 28.8 Å². The van der Waals surface area contributed by atoms with Crippen LogP contribution in [0.1, 0.15) is 91.8 Å². The van der Waals surface area contributed by atoms with Crippen LogP contribution in [0, 0.1) is 0 Å². The first kappa shape index (κ1) is 24.6. The predicted octanol–water partition coefficient (Wildman–Crippen LogP) is 6.62. The molecule has 1 heterocycles. The Bertz CT molecular complexity index is 965. The number of ether oxygens (including phenoxy) is 2. The highest BCUT2D eigenvalue weighted by Gasteiger charge is 2.21. The summed E-state index contributed by atoms with van der Waals surface area (Å²) in [5.74, 6) is 0.156. The van der Waals surface area contributed by atoms with Gasteiger partial charge in [0.05, 0.1) is 12.2 Å². The average molecular weight is 455 g/mol. The van der Waals surface area contributed by atoms with Crippen LogP contribution in [-0.2, 0) is 17.6 Å². The van der Waals surface area contributed by atoms with Crippen LogP contribution in [0.4, 0.5) is 0 Å². The molecule has 0 atom stereocenters. The number of hydrogen-bond donors (Lipinski definition) is 2. The number of rotatable bonds is 14. The van der Waals surface area contributed by atoms with E-state index in [0.717, 1.165) is 29.5 Å². The average Bonchev–Trinajstić information content (AvgIpc) is 2.79. The molecule has 0 aromatic heterocycles. The SMILES string of the molecule is CCCCCCCCCCOc1cc2c(cc1CCC(=O)O)Cc1cc(C(=O)O)ccc1O2. The zero-order valence-corrected chi connectivity index (χ0v) is 19.4. The number of hydrogen-bond acceptors (Lipinski definition) is 4. The Labute approximate surface area is 195 Å². The number of benzene rings is 2. The number of aromatic carboxylic acids is 1. The molecule has 33 heavy (non-hydrogen) atoms. The summed E-state index contributed by atoms with van der Waals surface area (Å²) >= 11 is 0. The maximum Gasteiger partial charge on any atom is 0.335 e. The Morgan fingerprint density at radius 1 is 0.909 bits per heavy atom. The fourth-order valence-corrected chi connectivity index (χ4v) is 4.15. The van der Waals surface area contributed by atoms with Crippen molar-refractivity contribution in [2.45, 2.75) is 77.6 Å². The van der Waals surface area contributed by atoms with Crippen molar-refractivity contribution >= 4 is 11.9 Å². The smallest absolute Gasteiger partial charge is 0.335 e. The summed E-state index contributed by atoms with van der Waals surface area (Å²) in [7, 11) is 0. The van der Waals surface area contributed by atoms with Gasteiger partial charge in [-0.15, -0.1) is 0 Å². The molecule has 0 saturated heterocycles. The maximum atomic E-state index is 11.3. The van der Waals surface area contributed by atoms with Crippen LogP contribution in [0.2, 0.25) is 0 Å². The molecule has 1 aliphatic rings. The lowest BCUT2D eigenvalue weighted by Crippen LogP contribution is -2.09. The molecule has 1 aliphatic heterocycles. The van der Waals surface area contributed by atoms with Gasteiger partial charge in [-0.1, -0.05) is 51.9 Å². The molecular formula is C27H34O6. The molecule has 0 spiro atoms. The van der Waals surface area contributed by atoms with E-state index in [4.69, 9.17) is 14.6 Å². The molecule has 2 aromatic rings. The van der Waals surface area contributed by atoms with E-state index in [1.165, 1.54) is 44.6 Å². The summed E-state index contributed by atoms with van der Waals surface area (Å²) in [6.07, 6.45) is 10.7. The van der Waals surface area contributed by atoms with E-state index in [9.17, 15) is 14.7 Å². The van der Waals surface area contributed by atoms with Crippen molar-refractivity contribution in [3.63, 3.8) is 0 Å². The second kappa shape index (κ2) is 12.3. The van der Waals surface area contributed by atoms with Gasteiger partial charge < -0.3 is 19.7 Å². The van der Waals surface area contributed by atoms with Crippen LogP contribution >= 0.6 is 0 Å². The van der Waals surface area contributed by atoms with Gasteiger partial charge in [-0.2, -0.15) is 0 Å². The molecule has 0 radical (unpaired) electrons. The molecule has 2 aromatic carbocycles. The standard InChI is InChI=1S/C27H34O6/c1-2-3-4-5-6-7-8-9-14-32-24-18-25-22(15-19(24)11-13-26(28)29)17-21-16-20(27(30)31)10-12-23(21)33-25/h10,12,15-16,18H,2-9,11,13-14,17H2,1H3,(H,28,29)(H,30,31). The minimum absolute atomic E-state index is 0.0213. The van der Waals surface area contributed by atoms with Gasteiger partial charge in [0.2, 0.25) is 0 Å². The number of carbonyl (C=O) groups is 2. The van der Waals surface area contributed by atoms with Gasteiger partial charge in [0, 0.05) is 24.5 Å². The second-order valence-corrected chi connectivity index (χ2v) is 8.69. The minimum atomic E-state index is -0.976. The lowest BCUT2D eigenvalue weighted by atomic mass is 9.95. The summed E-state index contributed by atoms with van der Waals surface area (Å²) in [5, 5.41) is 18.4. The normalized spacial score (nSPS) is 11.9. The molecule has 0 amide bonds. The third kappa shape index (κ3) is 7.24. The maximum absolute atomic E-state index is 11.3. The van der Waals surface area contributed by atoms with Gasteiger partial charge in [0.1, 0.15) is 17.2 Å². The van der Waals surface area contributed by atoms with Crippen LogP contribution in [0.15, 0.2) is 30.3 Å². The summed E-state index contributed by atoms with van der Waals surface area (Å²) < 4.78 is 12.1. The highest BCUT2D eigenvalue weighted by atomic mass is 16.5. The van der Waals surface area contributed by atoms with Crippen LogP contribution in [0.5, 0.6) is 17.2 Å². The molecule has 3 rings (SSSR count). The Morgan fingerprint density at radius 3 is 2.30 bits per heavy atom. The Kier molecular flexibility index (Phi) is 9.16. The van der Waals surface area contributed by atoms with E-state index in [1.807, 2.05) is 12.1 Å². The highest BCUT2D eigenvalue weighted by molar-refractivity contribution is 5.88. The summed E-state index contributed by atoms with van der Waals surface area (Å²) in [4.78, 5) is 22.4. The minimum Gasteiger partial charge on any atom is -0.493 e. The van der Waals surface area contributed by atoms with Crippen LogP contribution < -0.4 is 9.47 Å². The number of aliphatic carboxylic acids is 1. The largest absolute Gasteiger partial charge is 0.493 e. The van der Waals surface area contributed by atoms with Crippen molar-refractivity contribution in [1.29, 1.82) is 0 Å². The zero-order valence-electron chi connectivity index (χ0n) is 19.4. The number of fused-ring (bicyclic) bond motifs is 2. The quantitative estimate of drug-likeness (QED) is 0.266. The van der Waals surface area contributed by atoms with Gasteiger partial charge in [-0.05, 0) is 48.2 Å². The lowest BCUT2D eigenvalue weighted by Gasteiger charge is -2.23. The summed E-state index contributed by atoms with van der Waals surface area (Å²) in [5.41, 5.74) is 2.78. The van der Waals surface area contributed by atoms with Crippen molar-refractivity contribution < 1.29 is 29.3 Å². The topological polar surface area (TPSA) is 93.1 Å². The first-order valence-corrected chi connectivity index (χ1v) is 12.0. The van der Waals surface area contributed by atoms with E-state index in [1.54, 1.807) is 12.1 Å². The van der Waals surface area contributed by atoms with Gasteiger partial charge in [-0.25, -0.2) is 4.79 Å². The van der Waals surface area contributed by atoms with Crippen molar-refractivity contribution in [3.8, 4) is 17.2 Å². The molecule has 0 fully saturated rings. The van der Waals surface area contributed by atoms with Gasteiger partial charge in [-0.3, -0.25) is 4.79 Å². The van der Waals surface area contributed by atoms with Crippen molar-refractivity contribution in [3.05, 3.63) is 52.6 Å². The first-order chi connectivity index (χ1) is 16.0. The van der Waals surface area contributed by atoms with Crippen molar-refractivity contribution in [1.82, 2.24) is 0 Å². The van der Waals surface area contributed by atoms with E-state index in [2.05, 4.69) is 6.92 Å². The molecule has 0 bridgehead atoms. The van der Waals surface area contributed by atoms with Gasteiger partial charge in [0.15, 0.2) is 0 Å². The molecule has 0 saturated carbocycles. The van der Waals surface area contributed by atoms with Crippen LogP contribution in [0.3, 0.4) is 0 Å². The molecule has 6 heteroatoms. The van der Waals surface area contributed by atoms with E-state index in [0.29, 0.717) is 36.7 Å². The molecule has 178 valence electrons. The zero-order chi connectivity index (χ0) is 23.6. The third-order valence-electron chi connectivity index (χ3n) is 6.02. The number of carboxylic acids is 2. The Morgan fingerprint density at radius 2 is 1.61 bits per heavy atom. The van der Waals surface area contributed by atoms with E-state index in [-0.39, 0.29) is 12.0 Å². The molecular weight excluding hydrogens is 420 g/mol. The van der Waals surface area contributed by atoms with Crippen molar-refractivity contribution in [2.75, 3.05) is 6.61 Å². The highest BCUT2D eigenvalue weighted by Crippen LogP contribution is 2.40. The lowest BCUT2D eigenvalue weighted by molar-refractivity contribution is -0.136. The summed E-state index contributed by atoms with van der Waals surface area (Å²) in [6.45, 7) is 2.81. The van der Waals surface area contributed by atoms with Gasteiger partial charge >= 0.3 is 11.9 Å². The van der Waals surface area contributed by atoms with Crippen molar-refractivity contribution in [2.24, 2.45) is 0 Å². The number of aryl methyl sites for hydroxylation is 1. The van der Waals surface area contributed by atoms with Crippen LogP contribution in [0.25, 0.3) is 0 Å². The molecule has 2 N–H and O–H groups in total. The van der Waals surface area contributed by atoms with E-state index < -0.39 is 11.9 Å². The van der Waals surface area contributed by atoms with Gasteiger partial charge in [0.25, 0.3) is 0 Å². The first-order valence-electron chi connectivity index (χ1n) is 12.0. The Hall–Kier alpha value is -3.02. The second-order valence-electron chi connectivity index (χ2n) is 8.69. The number of unbranched alkanes of at least 4 members (excludes halogenated alkanes) is 7. The number of carboxylic acid groups (broad SMARTS) is 2. The molecule has 0 aliphatic carbocycles. The monoisotopic (exact) mass is 454 g/mol. The predicted molar refractivity (Wildman–Crippen MR) is 127 cm³/mol. The molecule has 6 nitrogen and oxygen atoms in total. The third-order valence-corrected chi connectivity index (χ3v) is 6.02. The Balaban J connectivity index is 1.64.